The van der Waals surface area contributed by atoms with Crippen LogP contribution in [0.1, 0.15) is 0 Å². The molecule has 3 aromatic rings. The zero-order chi connectivity index (χ0) is 19.7. The second kappa shape index (κ2) is 7.10. The number of fused-ring (bicyclic) bond motifs is 1. The second-order valence-electron chi connectivity index (χ2n) is 6.51. The van der Waals surface area contributed by atoms with E-state index in [0.717, 1.165) is 37.6 Å². The molecular weight excluding hydrogens is 362 g/mol. The Morgan fingerprint density at radius 2 is 1.50 bits per heavy atom. The van der Waals surface area contributed by atoms with Gasteiger partial charge < -0.3 is 9.80 Å². The molecule has 2 heterocycles. The number of piperazine rings is 1. The lowest BCUT2D eigenvalue weighted by atomic mass is 10.1. The van der Waals surface area contributed by atoms with Gasteiger partial charge in [0.15, 0.2) is 0 Å². The lowest BCUT2D eigenvalue weighted by Crippen LogP contribution is -2.46. The Morgan fingerprint density at radius 3 is 2.14 bits per heavy atom. The van der Waals surface area contributed by atoms with Crippen molar-refractivity contribution in [3.63, 3.8) is 0 Å². The fraction of sp³-hybridized carbons (Fsp3) is 0.211. The van der Waals surface area contributed by atoms with E-state index in [0.29, 0.717) is 10.9 Å². The minimum atomic E-state index is -0.408. The molecule has 0 N–H and O–H groups in total. The highest BCUT2D eigenvalue weighted by Gasteiger charge is 2.22. The van der Waals surface area contributed by atoms with Gasteiger partial charge in [0.2, 0.25) is 0 Å². The lowest BCUT2D eigenvalue weighted by Gasteiger charge is -2.37. The van der Waals surface area contributed by atoms with Crippen molar-refractivity contribution in [1.82, 2.24) is 4.98 Å². The van der Waals surface area contributed by atoms with E-state index < -0.39 is 4.92 Å². The highest BCUT2D eigenvalue weighted by atomic mass is 16.6. The van der Waals surface area contributed by atoms with Crippen molar-refractivity contribution < 1.29 is 9.85 Å². The molecule has 0 radical (unpaired) electrons. The van der Waals surface area contributed by atoms with Crippen LogP contribution in [-0.2, 0) is 0 Å². The van der Waals surface area contributed by atoms with Crippen LogP contribution in [0.2, 0.25) is 0 Å². The van der Waals surface area contributed by atoms with Gasteiger partial charge >= 0.3 is 0 Å². The van der Waals surface area contributed by atoms with Crippen molar-refractivity contribution in [3.05, 3.63) is 75.0 Å². The average molecular weight is 379 g/mol. The Hall–Kier alpha value is -3.75. The van der Waals surface area contributed by atoms with E-state index in [2.05, 4.69) is 14.8 Å². The largest absolute Gasteiger partial charge is 0.368 e. The Bertz CT molecular complexity index is 1050. The minimum absolute atomic E-state index is 0.0522. The maximum atomic E-state index is 11.3. The molecule has 0 bridgehead atoms. The minimum Gasteiger partial charge on any atom is -0.368 e. The maximum Gasteiger partial charge on any atom is 0.278 e. The molecule has 1 aliphatic rings. The van der Waals surface area contributed by atoms with Gasteiger partial charge in [0.1, 0.15) is 5.52 Å². The molecule has 9 heteroatoms. The van der Waals surface area contributed by atoms with Crippen molar-refractivity contribution in [2.75, 3.05) is 36.0 Å². The van der Waals surface area contributed by atoms with E-state index in [1.54, 1.807) is 36.5 Å². The zero-order valence-corrected chi connectivity index (χ0v) is 14.9. The van der Waals surface area contributed by atoms with E-state index in [1.165, 1.54) is 18.2 Å². The molecule has 1 saturated heterocycles. The van der Waals surface area contributed by atoms with Crippen LogP contribution in [0.4, 0.5) is 22.7 Å². The summed E-state index contributed by atoms with van der Waals surface area (Å²) >= 11 is 0. The molecule has 0 aliphatic carbocycles. The Kier molecular flexibility index (Phi) is 4.48. The first-order valence-corrected chi connectivity index (χ1v) is 8.81. The molecule has 1 aromatic heterocycles. The number of benzene rings is 2. The molecule has 142 valence electrons. The van der Waals surface area contributed by atoms with Crippen LogP contribution in [0, 0.1) is 20.2 Å². The molecule has 1 aliphatic heterocycles. The average Bonchev–Trinajstić information content (AvgIpc) is 2.73. The van der Waals surface area contributed by atoms with Crippen molar-refractivity contribution in [3.8, 4) is 0 Å². The zero-order valence-electron chi connectivity index (χ0n) is 14.9. The van der Waals surface area contributed by atoms with E-state index in [-0.39, 0.29) is 16.3 Å². The van der Waals surface area contributed by atoms with Crippen LogP contribution in [-0.4, -0.2) is 41.0 Å². The smallest absolute Gasteiger partial charge is 0.278 e. The molecule has 0 saturated carbocycles. The third kappa shape index (κ3) is 3.18. The number of rotatable bonds is 4. The highest BCUT2D eigenvalue weighted by Crippen LogP contribution is 2.33. The van der Waals surface area contributed by atoms with Crippen molar-refractivity contribution in [2.24, 2.45) is 0 Å². The number of hydrogen-bond acceptors (Lipinski definition) is 7. The predicted molar refractivity (Wildman–Crippen MR) is 106 cm³/mol. The summed E-state index contributed by atoms with van der Waals surface area (Å²) in [6, 6.07) is 13.2. The van der Waals surface area contributed by atoms with Gasteiger partial charge in [0.05, 0.1) is 20.9 Å². The summed E-state index contributed by atoms with van der Waals surface area (Å²) in [4.78, 5) is 30.0. The fourth-order valence-corrected chi connectivity index (χ4v) is 3.55. The predicted octanol–water partition coefficient (Wildman–Crippen LogP) is 3.38. The van der Waals surface area contributed by atoms with Crippen LogP contribution < -0.4 is 9.80 Å². The van der Waals surface area contributed by atoms with Gasteiger partial charge in [-0.3, -0.25) is 25.2 Å². The van der Waals surface area contributed by atoms with E-state index in [1.807, 2.05) is 0 Å². The topological polar surface area (TPSA) is 106 Å². The quantitative estimate of drug-likeness (QED) is 0.505. The first kappa shape index (κ1) is 17.7. The molecule has 0 spiro atoms. The number of hydrogen-bond donors (Lipinski definition) is 0. The molecule has 0 atom stereocenters. The molecule has 9 nitrogen and oxygen atoms in total. The lowest BCUT2D eigenvalue weighted by molar-refractivity contribution is -0.384. The number of nitro groups is 2. The van der Waals surface area contributed by atoms with Crippen molar-refractivity contribution in [2.45, 2.75) is 0 Å². The van der Waals surface area contributed by atoms with Gasteiger partial charge in [0.25, 0.3) is 11.4 Å². The third-order valence-corrected chi connectivity index (χ3v) is 4.97. The summed E-state index contributed by atoms with van der Waals surface area (Å²) in [5.41, 5.74) is 2.57. The van der Waals surface area contributed by atoms with Gasteiger partial charge in [-0.25, -0.2) is 0 Å². The summed E-state index contributed by atoms with van der Waals surface area (Å²) in [5.74, 6) is 0. The van der Waals surface area contributed by atoms with Gasteiger partial charge in [-0.2, -0.15) is 0 Å². The van der Waals surface area contributed by atoms with Crippen LogP contribution in [0.15, 0.2) is 54.7 Å². The van der Waals surface area contributed by atoms with Crippen LogP contribution in [0.3, 0.4) is 0 Å². The van der Waals surface area contributed by atoms with Gasteiger partial charge in [-0.1, -0.05) is 0 Å². The number of nitro benzene ring substituents is 2. The number of aromatic nitrogens is 1. The summed E-state index contributed by atoms with van der Waals surface area (Å²) in [6.45, 7) is 2.92. The van der Waals surface area contributed by atoms with Crippen LogP contribution in [0.25, 0.3) is 10.9 Å². The van der Waals surface area contributed by atoms with E-state index in [4.69, 9.17) is 0 Å². The van der Waals surface area contributed by atoms with Crippen molar-refractivity contribution >= 4 is 33.7 Å². The molecule has 2 aromatic carbocycles. The van der Waals surface area contributed by atoms with Crippen molar-refractivity contribution in [1.29, 1.82) is 0 Å². The summed E-state index contributed by atoms with van der Waals surface area (Å²) in [7, 11) is 0. The summed E-state index contributed by atoms with van der Waals surface area (Å²) < 4.78 is 0. The highest BCUT2D eigenvalue weighted by molar-refractivity contribution is 5.97. The summed E-state index contributed by atoms with van der Waals surface area (Å²) in [6.07, 6.45) is 1.64. The van der Waals surface area contributed by atoms with Gasteiger partial charge in [-0.15, -0.1) is 0 Å². The standard InChI is InChI=1S/C19H17N5O4/c25-23(26)15-5-3-14(4-6-15)21-10-12-22(13-11-21)18-8-7-17(24(27)28)16-2-1-9-20-19(16)18/h1-9H,10-13H2. The molecule has 4 rings (SSSR count). The first-order valence-electron chi connectivity index (χ1n) is 8.81. The molecule has 0 unspecified atom stereocenters. The molecular formula is C19H17N5O4. The fourth-order valence-electron chi connectivity index (χ4n) is 3.55. The number of non-ortho nitro benzene ring substituents is 2. The van der Waals surface area contributed by atoms with Crippen LogP contribution in [0.5, 0.6) is 0 Å². The maximum absolute atomic E-state index is 11.3. The Balaban J connectivity index is 1.55. The Labute approximate surface area is 160 Å². The SMILES string of the molecule is O=[N+]([O-])c1ccc(N2CCN(c3ccc([N+](=O)[O-])c4cccnc34)CC2)cc1. The molecule has 28 heavy (non-hydrogen) atoms. The van der Waals surface area contributed by atoms with Crippen LogP contribution >= 0.6 is 0 Å². The van der Waals surface area contributed by atoms with E-state index >= 15 is 0 Å². The number of pyridine rings is 1. The second-order valence-corrected chi connectivity index (χ2v) is 6.51. The first-order chi connectivity index (χ1) is 13.5. The monoisotopic (exact) mass is 379 g/mol. The van der Waals surface area contributed by atoms with Gasteiger partial charge in [0, 0.05) is 56.3 Å². The van der Waals surface area contributed by atoms with Gasteiger partial charge in [-0.05, 0) is 30.3 Å². The number of nitrogens with zero attached hydrogens (tertiary/aromatic N) is 5. The summed E-state index contributed by atoms with van der Waals surface area (Å²) in [5, 5.41) is 22.6. The molecule has 0 amide bonds. The normalized spacial score (nSPS) is 14.3. The third-order valence-electron chi connectivity index (χ3n) is 4.97. The Morgan fingerprint density at radius 1 is 0.821 bits per heavy atom. The van der Waals surface area contributed by atoms with E-state index in [9.17, 15) is 20.2 Å². The molecule has 1 fully saturated rings. The number of anilines is 2.